The van der Waals surface area contributed by atoms with Crippen molar-refractivity contribution in [2.45, 2.75) is 19.9 Å². The number of aryl methyl sites for hydroxylation is 2. The fraction of sp³-hybridized carbons (Fsp3) is 0.269. The molecule has 0 aliphatic heterocycles. The lowest BCUT2D eigenvalue weighted by Gasteiger charge is -2.10. The van der Waals surface area contributed by atoms with Crippen LogP contribution in [0.15, 0.2) is 48.7 Å². The van der Waals surface area contributed by atoms with Crippen LogP contribution in [-0.2, 0) is 14.1 Å². The Morgan fingerprint density at radius 2 is 1.69 bits per heavy atom. The Kier molecular flexibility index (Phi) is 6.50. The van der Waals surface area contributed by atoms with Crippen LogP contribution in [-0.4, -0.2) is 46.2 Å². The molecule has 2 heterocycles. The van der Waals surface area contributed by atoms with Crippen molar-refractivity contribution in [3.63, 3.8) is 0 Å². The summed E-state index contributed by atoms with van der Waals surface area (Å²) in [5, 5.41) is 5.82. The Morgan fingerprint density at radius 3 is 2.31 bits per heavy atom. The molecule has 9 heteroatoms. The second-order valence-electron chi connectivity index (χ2n) is 8.54. The third kappa shape index (κ3) is 4.57. The minimum Gasteiger partial charge on any atom is -0.497 e. The van der Waals surface area contributed by atoms with Crippen LogP contribution in [0.4, 0.5) is 5.69 Å². The average molecular weight is 476 g/mol. The second kappa shape index (κ2) is 9.54. The topological polar surface area (TPSA) is 99.4 Å². The van der Waals surface area contributed by atoms with Gasteiger partial charge in [0, 0.05) is 37.6 Å². The number of nitrogens with zero attached hydrogens (tertiary/aromatic N) is 3. The van der Waals surface area contributed by atoms with E-state index in [-0.39, 0.29) is 17.9 Å². The molecule has 0 spiro atoms. The van der Waals surface area contributed by atoms with Gasteiger partial charge in [-0.25, -0.2) is 4.98 Å². The van der Waals surface area contributed by atoms with Crippen molar-refractivity contribution in [1.82, 2.24) is 19.4 Å². The number of methoxy groups -OCH3 is 2. The monoisotopic (exact) mass is 475 g/mol. The van der Waals surface area contributed by atoms with E-state index < -0.39 is 0 Å². The summed E-state index contributed by atoms with van der Waals surface area (Å²) in [6, 6.07) is 12.5. The Morgan fingerprint density at radius 1 is 0.971 bits per heavy atom. The zero-order valence-corrected chi connectivity index (χ0v) is 20.7. The molecule has 9 nitrogen and oxygen atoms in total. The Labute approximate surface area is 203 Å². The van der Waals surface area contributed by atoms with Crippen molar-refractivity contribution in [3.05, 3.63) is 59.8 Å². The van der Waals surface area contributed by atoms with Crippen LogP contribution in [0, 0.1) is 0 Å². The van der Waals surface area contributed by atoms with Gasteiger partial charge in [-0.1, -0.05) is 0 Å². The summed E-state index contributed by atoms with van der Waals surface area (Å²) in [5.41, 5.74) is 3.85. The van der Waals surface area contributed by atoms with Gasteiger partial charge in [-0.2, -0.15) is 0 Å². The maximum Gasteiger partial charge on any atom is 0.256 e. The first-order valence-corrected chi connectivity index (χ1v) is 11.2. The van der Waals surface area contributed by atoms with Crippen LogP contribution in [0.25, 0.3) is 22.6 Å². The highest BCUT2D eigenvalue weighted by atomic mass is 16.5. The van der Waals surface area contributed by atoms with Crippen molar-refractivity contribution >= 4 is 28.5 Å². The molecule has 2 amide bonds. The standard InChI is InChI=1S/C26H29N5O4/c1-15(2)27-26(33)19-14-30(3)22(23(19)35-6)24-29-20-13-17(9-12-21(20)31(24)4)28-25(32)16-7-10-18(34-5)11-8-16/h7-15H,1-6H3,(H,27,33)(H,28,32). The fourth-order valence-corrected chi connectivity index (χ4v) is 4.01. The molecule has 0 fully saturated rings. The molecule has 4 aromatic rings. The Hall–Kier alpha value is -4.27. The summed E-state index contributed by atoms with van der Waals surface area (Å²) in [6.45, 7) is 3.81. The second-order valence-corrected chi connectivity index (χ2v) is 8.54. The van der Waals surface area contributed by atoms with Gasteiger partial charge in [-0.05, 0) is 56.3 Å². The number of amides is 2. The van der Waals surface area contributed by atoms with Crippen LogP contribution in [0.3, 0.4) is 0 Å². The summed E-state index contributed by atoms with van der Waals surface area (Å²) >= 11 is 0. The number of anilines is 1. The van der Waals surface area contributed by atoms with E-state index in [1.807, 2.05) is 55.3 Å². The van der Waals surface area contributed by atoms with Gasteiger partial charge in [0.2, 0.25) is 0 Å². The molecule has 0 aliphatic rings. The number of imidazole rings is 1. The third-order valence-corrected chi connectivity index (χ3v) is 5.71. The van der Waals surface area contributed by atoms with Gasteiger partial charge in [-0.15, -0.1) is 0 Å². The van der Waals surface area contributed by atoms with Crippen LogP contribution in [0.1, 0.15) is 34.6 Å². The molecular formula is C26H29N5O4. The van der Waals surface area contributed by atoms with Crippen molar-refractivity contribution in [1.29, 1.82) is 0 Å². The van der Waals surface area contributed by atoms with Gasteiger partial charge in [-0.3, -0.25) is 9.59 Å². The molecule has 0 unspecified atom stereocenters. The lowest BCUT2D eigenvalue weighted by atomic mass is 10.2. The van der Waals surface area contributed by atoms with Crippen molar-refractivity contribution in [2.24, 2.45) is 14.1 Å². The van der Waals surface area contributed by atoms with Crippen molar-refractivity contribution < 1.29 is 19.1 Å². The lowest BCUT2D eigenvalue weighted by Crippen LogP contribution is -2.30. The van der Waals surface area contributed by atoms with Gasteiger partial charge in [0.05, 0.1) is 30.8 Å². The van der Waals surface area contributed by atoms with Gasteiger partial charge in [0.1, 0.15) is 11.4 Å². The summed E-state index contributed by atoms with van der Waals surface area (Å²) in [7, 11) is 6.88. The number of hydrogen-bond donors (Lipinski definition) is 2. The maximum atomic E-state index is 12.7. The molecule has 0 bridgehead atoms. The summed E-state index contributed by atoms with van der Waals surface area (Å²) in [4.78, 5) is 30.2. The van der Waals surface area contributed by atoms with Crippen molar-refractivity contribution in [2.75, 3.05) is 19.5 Å². The fourth-order valence-electron chi connectivity index (χ4n) is 4.01. The molecule has 2 N–H and O–H groups in total. The van der Waals surface area contributed by atoms with Crippen LogP contribution in [0.5, 0.6) is 11.5 Å². The lowest BCUT2D eigenvalue weighted by molar-refractivity contribution is 0.0939. The molecule has 2 aromatic heterocycles. The maximum absolute atomic E-state index is 12.7. The van der Waals surface area contributed by atoms with E-state index in [9.17, 15) is 9.59 Å². The van der Waals surface area contributed by atoms with Crippen molar-refractivity contribution in [3.8, 4) is 23.0 Å². The first-order chi connectivity index (χ1) is 16.7. The molecule has 182 valence electrons. The van der Waals surface area contributed by atoms with Gasteiger partial charge < -0.3 is 29.2 Å². The molecule has 2 aromatic carbocycles. The van der Waals surface area contributed by atoms with E-state index >= 15 is 0 Å². The van der Waals surface area contributed by atoms with E-state index in [0.29, 0.717) is 45.3 Å². The summed E-state index contributed by atoms with van der Waals surface area (Å²) in [5.74, 6) is 1.35. The molecule has 4 rings (SSSR count). The minimum absolute atomic E-state index is 0.00171. The largest absolute Gasteiger partial charge is 0.497 e. The van der Waals surface area contributed by atoms with E-state index in [0.717, 1.165) is 5.52 Å². The van der Waals surface area contributed by atoms with Gasteiger partial charge in [0.25, 0.3) is 11.8 Å². The molecule has 0 saturated heterocycles. The first-order valence-electron chi connectivity index (χ1n) is 11.2. The summed E-state index contributed by atoms with van der Waals surface area (Å²) in [6.07, 6.45) is 1.74. The molecule has 0 saturated carbocycles. The number of nitrogens with one attached hydrogen (secondary N) is 2. The third-order valence-electron chi connectivity index (χ3n) is 5.71. The van der Waals surface area contributed by atoms with Gasteiger partial charge in [0.15, 0.2) is 11.6 Å². The van der Waals surface area contributed by atoms with Crippen LogP contribution in [0.2, 0.25) is 0 Å². The average Bonchev–Trinajstić information content (AvgIpc) is 3.34. The highest BCUT2D eigenvalue weighted by Gasteiger charge is 2.25. The van der Waals surface area contributed by atoms with E-state index in [1.54, 1.807) is 44.7 Å². The highest BCUT2D eigenvalue weighted by Crippen LogP contribution is 2.36. The highest BCUT2D eigenvalue weighted by molar-refractivity contribution is 6.05. The zero-order chi connectivity index (χ0) is 25.3. The number of carbonyl (C=O) groups is 2. The number of aromatic nitrogens is 3. The zero-order valence-electron chi connectivity index (χ0n) is 20.7. The molecule has 35 heavy (non-hydrogen) atoms. The molecule has 0 aliphatic carbocycles. The number of hydrogen-bond acceptors (Lipinski definition) is 5. The Bertz CT molecular complexity index is 1400. The number of rotatable bonds is 7. The normalized spacial score (nSPS) is 11.1. The van der Waals surface area contributed by atoms with E-state index in [4.69, 9.17) is 14.5 Å². The number of fused-ring (bicyclic) bond motifs is 1. The predicted octanol–water partition coefficient (Wildman–Crippen LogP) is 3.99. The molecule has 0 radical (unpaired) electrons. The molecular weight excluding hydrogens is 446 g/mol. The summed E-state index contributed by atoms with van der Waals surface area (Å²) < 4.78 is 14.6. The smallest absolute Gasteiger partial charge is 0.256 e. The Balaban J connectivity index is 1.68. The number of benzene rings is 2. The molecule has 0 atom stereocenters. The quantitative estimate of drug-likeness (QED) is 0.421. The number of carbonyl (C=O) groups excluding carboxylic acids is 2. The predicted molar refractivity (Wildman–Crippen MR) is 135 cm³/mol. The van der Waals surface area contributed by atoms with E-state index in [2.05, 4.69) is 10.6 Å². The first kappa shape index (κ1) is 23.9. The van der Waals surface area contributed by atoms with Crippen LogP contribution < -0.4 is 20.1 Å². The minimum atomic E-state index is -0.229. The SMILES string of the molecule is COc1ccc(C(=O)Nc2ccc3c(c2)nc(-c2c(OC)c(C(=O)NC(C)C)cn2C)n3C)cc1. The van der Waals surface area contributed by atoms with E-state index in [1.165, 1.54) is 0 Å². The van der Waals surface area contributed by atoms with Gasteiger partial charge >= 0.3 is 0 Å². The van der Waals surface area contributed by atoms with Crippen LogP contribution >= 0.6 is 0 Å². The number of ether oxygens (including phenoxy) is 2.